The van der Waals surface area contributed by atoms with Gasteiger partial charge in [-0.3, -0.25) is 0 Å². The quantitative estimate of drug-likeness (QED) is 0.605. The van der Waals surface area contributed by atoms with Crippen molar-refractivity contribution in [3.8, 4) is 10.6 Å². The Kier molecular flexibility index (Phi) is 4.41. The first-order valence-electron chi connectivity index (χ1n) is 5.90. The van der Waals surface area contributed by atoms with Crippen LogP contribution < -0.4 is 5.32 Å². The van der Waals surface area contributed by atoms with Crippen molar-refractivity contribution in [2.45, 2.75) is 6.54 Å². The molecule has 1 N–H and O–H groups in total. The van der Waals surface area contributed by atoms with Crippen LogP contribution in [0.25, 0.3) is 10.6 Å². The summed E-state index contributed by atoms with van der Waals surface area (Å²) in [6, 6.07) is 10.3. The van der Waals surface area contributed by atoms with E-state index in [9.17, 15) is 0 Å². The maximum absolute atomic E-state index is 6.04. The zero-order valence-electron chi connectivity index (χ0n) is 10.3. The summed E-state index contributed by atoms with van der Waals surface area (Å²) in [6.07, 6.45) is 1.82. The molecule has 3 rings (SSSR count). The van der Waals surface area contributed by atoms with E-state index in [0.29, 0.717) is 0 Å². The third-order valence-electron chi connectivity index (χ3n) is 2.70. The monoisotopic (exact) mass is 384 g/mol. The van der Waals surface area contributed by atoms with E-state index < -0.39 is 0 Å². The van der Waals surface area contributed by atoms with E-state index in [-0.39, 0.29) is 0 Å². The summed E-state index contributed by atoms with van der Waals surface area (Å²) in [4.78, 5) is 5.53. The maximum Gasteiger partial charge on any atom is 0.123 e. The van der Waals surface area contributed by atoms with Gasteiger partial charge in [-0.25, -0.2) is 4.98 Å². The predicted octanol–water partition coefficient (Wildman–Crippen LogP) is 5.90. The Morgan fingerprint density at radius 3 is 2.90 bits per heavy atom. The van der Waals surface area contributed by atoms with Crippen molar-refractivity contribution in [2.75, 3.05) is 5.32 Å². The molecule has 1 aromatic carbocycles. The van der Waals surface area contributed by atoms with Crippen LogP contribution in [0.4, 0.5) is 5.69 Å². The molecule has 0 spiro atoms. The van der Waals surface area contributed by atoms with Crippen LogP contribution in [0.2, 0.25) is 4.34 Å². The summed E-state index contributed by atoms with van der Waals surface area (Å²) in [7, 11) is 0. The topological polar surface area (TPSA) is 24.9 Å². The minimum absolute atomic E-state index is 0.761. The number of hydrogen-bond donors (Lipinski definition) is 1. The first kappa shape index (κ1) is 14.1. The third-order valence-corrected chi connectivity index (χ3v) is 6.00. The lowest BCUT2D eigenvalue weighted by Gasteiger charge is -2.06. The molecule has 0 unspecified atom stereocenters. The maximum atomic E-state index is 6.04. The lowest BCUT2D eigenvalue weighted by Crippen LogP contribution is -1.97. The highest BCUT2D eigenvalue weighted by Crippen LogP contribution is 2.32. The Morgan fingerprint density at radius 1 is 1.30 bits per heavy atom. The van der Waals surface area contributed by atoms with Crippen LogP contribution in [0.15, 0.2) is 46.4 Å². The molecular formula is C14H10BrClN2S2. The average Bonchev–Trinajstić information content (AvgIpc) is 3.08. The zero-order valence-corrected chi connectivity index (χ0v) is 14.2. The summed E-state index contributed by atoms with van der Waals surface area (Å²) >= 11 is 12.7. The molecule has 2 nitrogen and oxygen atoms in total. The Bertz CT molecular complexity index is 690. The highest BCUT2D eigenvalue weighted by Gasteiger charge is 2.05. The first-order chi connectivity index (χ1) is 9.72. The number of nitrogens with one attached hydrogen (secondary N) is 1. The number of benzene rings is 1. The number of halogens is 2. The van der Waals surface area contributed by atoms with Gasteiger partial charge in [-0.15, -0.1) is 22.7 Å². The van der Waals surface area contributed by atoms with Gasteiger partial charge >= 0.3 is 0 Å². The van der Waals surface area contributed by atoms with Crippen LogP contribution in [-0.2, 0) is 6.54 Å². The van der Waals surface area contributed by atoms with Crippen molar-refractivity contribution in [1.29, 1.82) is 0 Å². The standard InChI is InChI=1S/C14H10BrClN2S2/c15-12-7-11(20-13(12)16)8-18-10-3-1-2-9(6-10)14-17-4-5-19-14/h1-7,18H,8H2. The van der Waals surface area contributed by atoms with Crippen LogP contribution in [0.3, 0.4) is 0 Å². The second-order valence-corrected chi connectivity index (χ2v) is 7.59. The first-order valence-corrected chi connectivity index (χ1v) is 8.76. The van der Waals surface area contributed by atoms with Gasteiger partial charge in [-0.2, -0.15) is 0 Å². The number of rotatable bonds is 4. The molecule has 0 aliphatic rings. The molecule has 0 radical (unpaired) electrons. The second kappa shape index (κ2) is 6.26. The highest BCUT2D eigenvalue weighted by molar-refractivity contribution is 9.10. The van der Waals surface area contributed by atoms with E-state index in [1.807, 2.05) is 23.7 Å². The van der Waals surface area contributed by atoms with Gasteiger partial charge in [0, 0.05) is 38.7 Å². The molecule has 0 fully saturated rings. The number of nitrogens with zero attached hydrogens (tertiary/aromatic N) is 1. The van der Waals surface area contributed by atoms with Crippen LogP contribution in [0, 0.1) is 0 Å². The molecule has 0 aliphatic carbocycles. The smallest absolute Gasteiger partial charge is 0.123 e. The summed E-state index contributed by atoms with van der Waals surface area (Å²) in [5.41, 5.74) is 2.22. The van der Waals surface area contributed by atoms with Crippen molar-refractivity contribution in [3.05, 3.63) is 55.6 Å². The molecule has 102 valence electrons. The van der Waals surface area contributed by atoms with E-state index in [4.69, 9.17) is 11.6 Å². The number of anilines is 1. The van der Waals surface area contributed by atoms with Gasteiger partial charge in [0.25, 0.3) is 0 Å². The number of thiazole rings is 1. The molecule has 3 aromatic rings. The molecule has 0 amide bonds. The van der Waals surface area contributed by atoms with Gasteiger partial charge in [-0.05, 0) is 34.1 Å². The van der Waals surface area contributed by atoms with Crippen LogP contribution in [0.1, 0.15) is 4.88 Å². The summed E-state index contributed by atoms with van der Waals surface area (Å²) in [5, 5.41) is 6.44. The Morgan fingerprint density at radius 2 is 2.20 bits per heavy atom. The normalized spacial score (nSPS) is 10.7. The van der Waals surface area contributed by atoms with Crippen molar-refractivity contribution in [3.63, 3.8) is 0 Å². The average molecular weight is 386 g/mol. The number of hydrogen-bond acceptors (Lipinski definition) is 4. The lowest BCUT2D eigenvalue weighted by atomic mass is 10.2. The van der Waals surface area contributed by atoms with E-state index in [1.165, 1.54) is 4.88 Å². The molecule has 20 heavy (non-hydrogen) atoms. The molecule has 6 heteroatoms. The Balaban J connectivity index is 1.73. The highest BCUT2D eigenvalue weighted by atomic mass is 79.9. The van der Waals surface area contributed by atoms with Crippen LogP contribution in [-0.4, -0.2) is 4.98 Å². The number of thiophene rings is 1. The fraction of sp³-hybridized carbons (Fsp3) is 0.0714. The summed E-state index contributed by atoms with van der Waals surface area (Å²) in [6.45, 7) is 0.761. The molecule has 0 saturated heterocycles. The van der Waals surface area contributed by atoms with Gasteiger partial charge in [0.05, 0.1) is 0 Å². The van der Waals surface area contributed by atoms with Gasteiger partial charge < -0.3 is 5.32 Å². The van der Waals surface area contributed by atoms with Gasteiger partial charge in [0.2, 0.25) is 0 Å². The van der Waals surface area contributed by atoms with Crippen molar-refractivity contribution >= 4 is 55.9 Å². The zero-order chi connectivity index (χ0) is 13.9. The molecule has 0 bridgehead atoms. The van der Waals surface area contributed by atoms with Gasteiger partial charge in [0.15, 0.2) is 0 Å². The van der Waals surface area contributed by atoms with Gasteiger partial charge in [-0.1, -0.05) is 23.7 Å². The molecular weight excluding hydrogens is 376 g/mol. The van der Waals surface area contributed by atoms with E-state index in [0.717, 1.165) is 31.6 Å². The number of aromatic nitrogens is 1. The largest absolute Gasteiger partial charge is 0.380 e. The van der Waals surface area contributed by atoms with E-state index in [2.05, 4.69) is 44.4 Å². The van der Waals surface area contributed by atoms with Crippen LogP contribution in [0.5, 0.6) is 0 Å². The van der Waals surface area contributed by atoms with Gasteiger partial charge in [0.1, 0.15) is 9.34 Å². The van der Waals surface area contributed by atoms with Crippen molar-refractivity contribution < 1.29 is 0 Å². The summed E-state index contributed by atoms with van der Waals surface area (Å²) in [5.74, 6) is 0. The van der Waals surface area contributed by atoms with Crippen molar-refractivity contribution in [2.24, 2.45) is 0 Å². The fourth-order valence-corrected chi connectivity index (χ4v) is 4.16. The van der Waals surface area contributed by atoms with E-state index >= 15 is 0 Å². The van der Waals surface area contributed by atoms with E-state index in [1.54, 1.807) is 22.7 Å². The Labute approximate surface area is 138 Å². The molecule has 0 aliphatic heterocycles. The third kappa shape index (κ3) is 3.23. The minimum atomic E-state index is 0.761. The van der Waals surface area contributed by atoms with Crippen molar-refractivity contribution in [1.82, 2.24) is 4.98 Å². The SMILES string of the molecule is Clc1sc(CNc2cccc(-c3nccs3)c2)cc1Br. The summed E-state index contributed by atoms with van der Waals surface area (Å²) < 4.78 is 1.75. The van der Waals surface area contributed by atoms with Crippen LogP contribution >= 0.6 is 50.2 Å². The second-order valence-electron chi connectivity index (χ2n) is 4.11. The molecule has 2 heterocycles. The molecule has 0 atom stereocenters. The minimum Gasteiger partial charge on any atom is -0.380 e. The Hall–Kier alpha value is -0.880. The molecule has 0 saturated carbocycles. The predicted molar refractivity (Wildman–Crippen MR) is 91.9 cm³/mol. The lowest BCUT2D eigenvalue weighted by molar-refractivity contribution is 1.19. The molecule has 2 aromatic heterocycles. The fourth-order valence-electron chi connectivity index (χ4n) is 1.80.